The van der Waals surface area contributed by atoms with E-state index < -0.39 is 0 Å². The van der Waals surface area contributed by atoms with Gasteiger partial charge in [0.2, 0.25) is 0 Å². The minimum Gasteiger partial charge on any atom is -0.310 e. The van der Waals surface area contributed by atoms with Gasteiger partial charge >= 0.3 is 0 Å². The molecule has 0 saturated heterocycles. The number of hydrogen-bond acceptors (Lipinski definition) is 3. The minimum atomic E-state index is 0.430. The number of aromatic nitrogens is 2. The van der Waals surface area contributed by atoms with Crippen LogP contribution in [0.1, 0.15) is 47.6 Å². The van der Waals surface area contributed by atoms with E-state index in [-0.39, 0.29) is 0 Å². The van der Waals surface area contributed by atoms with Crippen molar-refractivity contribution in [1.82, 2.24) is 15.3 Å². The molecule has 0 aromatic carbocycles. The Balaban J connectivity index is 1.57. The lowest BCUT2D eigenvalue weighted by Crippen LogP contribution is -2.15. The minimum absolute atomic E-state index is 0.430. The normalized spacial score (nSPS) is 20.9. The summed E-state index contributed by atoms with van der Waals surface area (Å²) in [5, 5.41) is 3.55. The lowest BCUT2D eigenvalue weighted by Gasteiger charge is -2.12. The summed E-state index contributed by atoms with van der Waals surface area (Å²) >= 11 is 0. The molecule has 2 heterocycles. The fourth-order valence-corrected chi connectivity index (χ4v) is 3.08. The Morgan fingerprint density at radius 2 is 2.15 bits per heavy atom. The van der Waals surface area contributed by atoms with Crippen molar-refractivity contribution in [3.63, 3.8) is 0 Å². The summed E-state index contributed by atoms with van der Waals surface area (Å²) in [6, 6.07) is 7.29. The molecular weight excluding hydrogens is 246 g/mol. The Morgan fingerprint density at radius 3 is 3.05 bits per heavy atom. The molecule has 102 valence electrons. The molecule has 2 aromatic heterocycles. The standard InChI is InChI=1S/C17H19N3/c1-2-13-3-6-16(17(13)19-7-1)14-8-12(9-18-11-14)10-20-15-4-5-15/h1-2,7-9,11,15-16,20H,3-6,10H2. The van der Waals surface area contributed by atoms with Crippen LogP contribution in [0.25, 0.3) is 0 Å². The van der Waals surface area contributed by atoms with Gasteiger partial charge in [-0.3, -0.25) is 9.97 Å². The molecule has 1 saturated carbocycles. The number of fused-ring (bicyclic) bond motifs is 1. The molecule has 0 amide bonds. The van der Waals surface area contributed by atoms with Gasteiger partial charge in [-0.2, -0.15) is 0 Å². The Kier molecular flexibility index (Phi) is 3.00. The van der Waals surface area contributed by atoms with Crippen LogP contribution in [0.2, 0.25) is 0 Å². The lowest BCUT2D eigenvalue weighted by molar-refractivity contribution is 0.682. The Labute approximate surface area is 119 Å². The smallest absolute Gasteiger partial charge is 0.0510 e. The molecule has 0 spiro atoms. The third kappa shape index (κ3) is 2.34. The molecule has 0 radical (unpaired) electrons. The molecule has 0 aliphatic heterocycles. The molecule has 1 atom stereocenters. The van der Waals surface area contributed by atoms with Gasteiger partial charge in [0.25, 0.3) is 0 Å². The first kappa shape index (κ1) is 12.0. The fourth-order valence-electron chi connectivity index (χ4n) is 3.08. The highest BCUT2D eigenvalue weighted by atomic mass is 14.9. The van der Waals surface area contributed by atoms with Crippen LogP contribution < -0.4 is 5.32 Å². The van der Waals surface area contributed by atoms with Crippen molar-refractivity contribution >= 4 is 0 Å². The highest BCUT2D eigenvalue weighted by molar-refractivity contribution is 5.37. The maximum absolute atomic E-state index is 4.59. The largest absolute Gasteiger partial charge is 0.310 e. The van der Waals surface area contributed by atoms with Gasteiger partial charge in [-0.1, -0.05) is 12.1 Å². The summed E-state index contributed by atoms with van der Waals surface area (Å²) in [5.74, 6) is 0.430. The molecule has 2 aromatic rings. The van der Waals surface area contributed by atoms with Gasteiger partial charge in [-0.15, -0.1) is 0 Å². The van der Waals surface area contributed by atoms with Crippen LogP contribution in [-0.2, 0) is 13.0 Å². The quantitative estimate of drug-likeness (QED) is 0.923. The molecule has 20 heavy (non-hydrogen) atoms. The summed E-state index contributed by atoms with van der Waals surface area (Å²) < 4.78 is 0. The SMILES string of the molecule is c1cnc2c(c1)CCC2c1cncc(CNC2CC2)c1. The number of rotatable bonds is 4. The highest BCUT2D eigenvalue weighted by Gasteiger charge is 2.25. The summed E-state index contributed by atoms with van der Waals surface area (Å²) in [5.41, 5.74) is 5.26. The lowest BCUT2D eigenvalue weighted by atomic mass is 9.97. The molecule has 2 aliphatic rings. The van der Waals surface area contributed by atoms with Crippen LogP contribution in [0.5, 0.6) is 0 Å². The van der Waals surface area contributed by atoms with Crippen molar-refractivity contribution in [1.29, 1.82) is 0 Å². The molecule has 1 fully saturated rings. The van der Waals surface area contributed by atoms with Crippen LogP contribution >= 0.6 is 0 Å². The van der Waals surface area contributed by atoms with E-state index in [0.717, 1.165) is 25.4 Å². The first-order valence-corrected chi connectivity index (χ1v) is 7.51. The third-order valence-corrected chi connectivity index (χ3v) is 4.35. The van der Waals surface area contributed by atoms with Gasteiger partial charge < -0.3 is 5.32 Å². The van der Waals surface area contributed by atoms with Crippen molar-refractivity contribution in [3.05, 3.63) is 59.2 Å². The van der Waals surface area contributed by atoms with Gasteiger partial charge in [0.05, 0.1) is 5.69 Å². The molecule has 4 rings (SSSR count). The van der Waals surface area contributed by atoms with E-state index in [1.165, 1.54) is 35.2 Å². The zero-order chi connectivity index (χ0) is 13.4. The number of aryl methyl sites for hydroxylation is 1. The van der Waals surface area contributed by atoms with E-state index in [1.807, 2.05) is 24.7 Å². The second-order valence-corrected chi connectivity index (χ2v) is 5.92. The van der Waals surface area contributed by atoms with Gasteiger partial charge in [0, 0.05) is 37.1 Å². The molecule has 2 aliphatic carbocycles. The van der Waals surface area contributed by atoms with E-state index in [0.29, 0.717) is 5.92 Å². The molecule has 3 nitrogen and oxygen atoms in total. The van der Waals surface area contributed by atoms with Crippen LogP contribution in [0.4, 0.5) is 0 Å². The summed E-state index contributed by atoms with van der Waals surface area (Å²) in [4.78, 5) is 9.02. The number of nitrogens with zero attached hydrogens (tertiary/aromatic N) is 2. The number of pyridine rings is 2. The first-order valence-electron chi connectivity index (χ1n) is 7.51. The van der Waals surface area contributed by atoms with E-state index in [9.17, 15) is 0 Å². The monoisotopic (exact) mass is 265 g/mol. The number of hydrogen-bond donors (Lipinski definition) is 1. The zero-order valence-electron chi connectivity index (χ0n) is 11.5. The molecule has 1 N–H and O–H groups in total. The van der Waals surface area contributed by atoms with Gasteiger partial charge in [-0.25, -0.2) is 0 Å². The van der Waals surface area contributed by atoms with Crippen molar-refractivity contribution in [3.8, 4) is 0 Å². The van der Waals surface area contributed by atoms with E-state index in [4.69, 9.17) is 0 Å². The Hall–Kier alpha value is -1.74. The van der Waals surface area contributed by atoms with Crippen molar-refractivity contribution in [2.75, 3.05) is 0 Å². The van der Waals surface area contributed by atoms with E-state index >= 15 is 0 Å². The zero-order valence-corrected chi connectivity index (χ0v) is 11.5. The average Bonchev–Trinajstić information content (AvgIpc) is 3.23. The molecule has 1 unspecified atom stereocenters. The summed E-state index contributed by atoms with van der Waals surface area (Å²) in [6.45, 7) is 0.938. The summed E-state index contributed by atoms with van der Waals surface area (Å²) in [7, 11) is 0. The topological polar surface area (TPSA) is 37.8 Å². The predicted molar refractivity (Wildman–Crippen MR) is 78.5 cm³/mol. The van der Waals surface area contributed by atoms with Crippen LogP contribution in [0.15, 0.2) is 36.8 Å². The highest BCUT2D eigenvalue weighted by Crippen LogP contribution is 2.36. The fraction of sp³-hybridized carbons (Fsp3) is 0.412. The van der Waals surface area contributed by atoms with Crippen LogP contribution in [-0.4, -0.2) is 16.0 Å². The Morgan fingerprint density at radius 1 is 1.20 bits per heavy atom. The summed E-state index contributed by atoms with van der Waals surface area (Å²) in [6.07, 6.45) is 10.8. The predicted octanol–water partition coefficient (Wildman–Crippen LogP) is 2.81. The van der Waals surface area contributed by atoms with Crippen LogP contribution in [0.3, 0.4) is 0 Å². The number of nitrogens with one attached hydrogen (secondary N) is 1. The second kappa shape index (κ2) is 4.98. The second-order valence-electron chi connectivity index (χ2n) is 5.92. The molecular formula is C17H19N3. The third-order valence-electron chi connectivity index (χ3n) is 4.35. The van der Waals surface area contributed by atoms with Crippen molar-refractivity contribution in [2.24, 2.45) is 0 Å². The molecule has 3 heteroatoms. The van der Waals surface area contributed by atoms with Gasteiger partial charge in [0.1, 0.15) is 0 Å². The van der Waals surface area contributed by atoms with E-state index in [2.05, 4.69) is 27.4 Å². The maximum atomic E-state index is 4.59. The van der Waals surface area contributed by atoms with Crippen LogP contribution in [0, 0.1) is 0 Å². The maximum Gasteiger partial charge on any atom is 0.0510 e. The van der Waals surface area contributed by atoms with Crippen molar-refractivity contribution < 1.29 is 0 Å². The average molecular weight is 265 g/mol. The Bertz CT molecular complexity index is 619. The van der Waals surface area contributed by atoms with Gasteiger partial charge in [0.15, 0.2) is 0 Å². The molecule has 0 bridgehead atoms. The first-order chi connectivity index (χ1) is 9.90. The van der Waals surface area contributed by atoms with Gasteiger partial charge in [-0.05, 0) is 48.4 Å². The van der Waals surface area contributed by atoms with E-state index in [1.54, 1.807) is 0 Å². The van der Waals surface area contributed by atoms with Crippen molar-refractivity contribution in [2.45, 2.75) is 44.2 Å².